The first kappa shape index (κ1) is 14.0. The Balaban J connectivity index is 1.75. The number of rotatable bonds is 3. The molecule has 1 aromatic rings. The fourth-order valence-corrected chi connectivity index (χ4v) is 4.94. The number of amides is 1. The van der Waals surface area contributed by atoms with Crippen LogP contribution in [0, 0.1) is 6.92 Å². The van der Waals surface area contributed by atoms with Crippen LogP contribution in [0.5, 0.6) is 0 Å². The standard InChI is InChI=1S/C12H16N2O4S2/c1-6-11(20(13,16)17)5-10(19-6)12(15)14-8-4-7-2-3-9(8)18-7/h5,7-9H,2-4H2,1H3,(H,14,15)(H2,13,16,17). The van der Waals surface area contributed by atoms with Gasteiger partial charge in [-0.25, -0.2) is 13.6 Å². The highest BCUT2D eigenvalue weighted by molar-refractivity contribution is 7.89. The predicted octanol–water partition coefficient (Wildman–Crippen LogP) is 0.754. The van der Waals surface area contributed by atoms with E-state index in [-0.39, 0.29) is 29.1 Å². The molecule has 8 heteroatoms. The minimum Gasteiger partial charge on any atom is -0.373 e. The molecular weight excluding hydrogens is 300 g/mol. The van der Waals surface area contributed by atoms with Crippen LogP contribution < -0.4 is 10.5 Å². The zero-order valence-corrected chi connectivity index (χ0v) is 12.6. The molecule has 2 aliphatic heterocycles. The van der Waals surface area contributed by atoms with Crippen molar-refractivity contribution >= 4 is 27.3 Å². The Kier molecular flexibility index (Phi) is 3.36. The molecule has 2 aliphatic rings. The van der Waals surface area contributed by atoms with Gasteiger partial charge in [0.15, 0.2) is 0 Å². The SMILES string of the molecule is Cc1sc(C(=O)NC2CC3CCC2O3)cc1S(N)(=O)=O. The van der Waals surface area contributed by atoms with E-state index in [1.165, 1.54) is 6.07 Å². The average molecular weight is 316 g/mol. The third kappa shape index (κ3) is 2.48. The molecule has 2 fully saturated rings. The van der Waals surface area contributed by atoms with Crippen LogP contribution in [0.2, 0.25) is 0 Å². The number of nitrogens with one attached hydrogen (secondary N) is 1. The van der Waals surface area contributed by atoms with E-state index in [9.17, 15) is 13.2 Å². The maximum Gasteiger partial charge on any atom is 0.261 e. The van der Waals surface area contributed by atoms with Gasteiger partial charge < -0.3 is 10.1 Å². The molecule has 0 saturated carbocycles. The molecule has 1 aromatic heterocycles. The van der Waals surface area contributed by atoms with Crippen molar-refractivity contribution in [2.75, 3.05) is 0 Å². The lowest BCUT2D eigenvalue weighted by Crippen LogP contribution is -2.41. The summed E-state index contributed by atoms with van der Waals surface area (Å²) in [7, 11) is -3.78. The van der Waals surface area contributed by atoms with Crippen molar-refractivity contribution in [1.29, 1.82) is 0 Å². The number of hydrogen-bond acceptors (Lipinski definition) is 5. The summed E-state index contributed by atoms with van der Waals surface area (Å²) in [5.74, 6) is -0.255. The fraction of sp³-hybridized carbons (Fsp3) is 0.583. The van der Waals surface area contributed by atoms with E-state index in [1.807, 2.05) is 0 Å². The van der Waals surface area contributed by atoms with Crippen LogP contribution in [-0.2, 0) is 14.8 Å². The molecule has 3 rings (SSSR count). The third-order valence-electron chi connectivity index (χ3n) is 3.83. The third-order valence-corrected chi connectivity index (χ3v) is 6.04. The maximum atomic E-state index is 12.2. The zero-order valence-electron chi connectivity index (χ0n) is 11.0. The summed E-state index contributed by atoms with van der Waals surface area (Å²) in [6, 6.07) is 1.38. The average Bonchev–Trinajstić information content (AvgIpc) is 3.01. The van der Waals surface area contributed by atoms with Crippen molar-refractivity contribution < 1.29 is 17.9 Å². The molecule has 0 aliphatic carbocycles. The Labute approximate surface area is 121 Å². The molecule has 3 N–H and O–H groups in total. The van der Waals surface area contributed by atoms with Crippen LogP contribution in [0.15, 0.2) is 11.0 Å². The van der Waals surface area contributed by atoms with Gasteiger partial charge in [-0.3, -0.25) is 4.79 Å². The summed E-state index contributed by atoms with van der Waals surface area (Å²) in [6.07, 6.45) is 3.23. The van der Waals surface area contributed by atoms with Gasteiger partial charge in [0, 0.05) is 4.88 Å². The summed E-state index contributed by atoms with van der Waals surface area (Å²) in [4.78, 5) is 13.1. The van der Waals surface area contributed by atoms with E-state index in [1.54, 1.807) is 6.92 Å². The molecule has 0 aromatic carbocycles. The Morgan fingerprint density at radius 2 is 2.25 bits per heavy atom. The molecule has 3 unspecified atom stereocenters. The minimum absolute atomic E-state index is 0.0249. The molecule has 3 heterocycles. The second-order valence-corrected chi connectivity index (χ2v) is 8.05. The van der Waals surface area contributed by atoms with Gasteiger partial charge in [0.25, 0.3) is 5.91 Å². The van der Waals surface area contributed by atoms with Crippen LogP contribution in [0.25, 0.3) is 0 Å². The zero-order chi connectivity index (χ0) is 14.5. The van der Waals surface area contributed by atoms with E-state index in [4.69, 9.17) is 9.88 Å². The number of thiophene rings is 1. The first-order valence-electron chi connectivity index (χ1n) is 6.44. The minimum atomic E-state index is -3.78. The van der Waals surface area contributed by atoms with E-state index in [0.717, 1.165) is 30.6 Å². The van der Waals surface area contributed by atoms with Crippen LogP contribution >= 0.6 is 11.3 Å². The van der Waals surface area contributed by atoms with Crippen LogP contribution in [-0.4, -0.2) is 32.6 Å². The van der Waals surface area contributed by atoms with E-state index >= 15 is 0 Å². The molecule has 6 nitrogen and oxygen atoms in total. The second kappa shape index (κ2) is 4.80. The molecule has 20 heavy (non-hydrogen) atoms. The van der Waals surface area contributed by atoms with Gasteiger partial charge in [0.05, 0.1) is 28.0 Å². The maximum absolute atomic E-state index is 12.2. The Morgan fingerprint density at radius 1 is 1.50 bits per heavy atom. The number of ether oxygens (including phenoxy) is 1. The van der Waals surface area contributed by atoms with Crippen molar-refractivity contribution in [1.82, 2.24) is 5.32 Å². The van der Waals surface area contributed by atoms with E-state index in [2.05, 4.69) is 5.32 Å². The lowest BCUT2D eigenvalue weighted by atomic mass is 9.95. The van der Waals surface area contributed by atoms with Crippen LogP contribution in [0.3, 0.4) is 0 Å². The monoisotopic (exact) mass is 316 g/mol. The Bertz CT molecular complexity index is 652. The summed E-state index contributed by atoms with van der Waals surface area (Å²) >= 11 is 1.14. The summed E-state index contributed by atoms with van der Waals surface area (Å²) < 4.78 is 28.4. The van der Waals surface area contributed by atoms with Gasteiger partial charge in [0.2, 0.25) is 10.0 Å². The lowest BCUT2D eigenvalue weighted by Gasteiger charge is -2.19. The summed E-state index contributed by atoms with van der Waals surface area (Å²) in [6.45, 7) is 1.64. The largest absolute Gasteiger partial charge is 0.373 e. The van der Waals surface area contributed by atoms with Crippen molar-refractivity contribution in [2.24, 2.45) is 5.14 Å². The predicted molar refractivity (Wildman–Crippen MR) is 74.2 cm³/mol. The topological polar surface area (TPSA) is 98.5 Å². The quantitative estimate of drug-likeness (QED) is 0.860. The first-order chi connectivity index (χ1) is 9.34. The number of fused-ring (bicyclic) bond motifs is 2. The molecule has 3 atom stereocenters. The van der Waals surface area contributed by atoms with Gasteiger partial charge >= 0.3 is 0 Å². The van der Waals surface area contributed by atoms with Gasteiger partial charge in [-0.05, 0) is 32.3 Å². The van der Waals surface area contributed by atoms with E-state index in [0.29, 0.717) is 9.75 Å². The molecule has 0 radical (unpaired) electrons. The highest BCUT2D eigenvalue weighted by Crippen LogP contribution is 2.34. The van der Waals surface area contributed by atoms with E-state index < -0.39 is 10.0 Å². The van der Waals surface area contributed by atoms with Gasteiger partial charge in [0.1, 0.15) is 0 Å². The van der Waals surface area contributed by atoms with Crippen LogP contribution in [0.1, 0.15) is 33.8 Å². The number of hydrogen-bond donors (Lipinski definition) is 2. The molecule has 1 amide bonds. The number of primary sulfonamides is 1. The highest BCUT2D eigenvalue weighted by atomic mass is 32.2. The van der Waals surface area contributed by atoms with Gasteiger partial charge in [-0.1, -0.05) is 0 Å². The van der Waals surface area contributed by atoms with Crippen molar-refractivity contribution in [2.45, 2.75) is 49.3 Å². The summed E-state index contributed by atoms with van der Waals surface area (Å²) in [5.41, 5.74) is 0. The van der Waals surface area contributed by atoms with Crippen molar-refractivity contribution in [3.8, 4) is 0 Å². The molecular formula is C12H16N2O4S2. The lowest BCUT2D eigenvalue weighted by molar-refractivity contribution is 0.0843. The number of carbonyl (C=O) groups is 1. The summed E-state index contributed by atoms with van der Waals surface area (Å²) in [5, 5.41) is 8.04. The van der Waals surface area contributed by atoms with Gasteiger partial charge in [-0.15, -0.1) is 11.3 Å². The Morgan fingerprint density at radius 3 is 2.75 bits per heavy atom. The number of nitrogens with two attached hydrogens (primary N) is 1. The number of carbonyl (C=O) groups excluding carboxylic acids is 1. The van der Waals surface area contributed by atoms with Crippen molar-refractivity contribution in [3.63, 3.8) is 0 Å². The first-order valence-corrected chi connectivity index (χ1v) is 8.80. The van der Waals surface area contributed by atoms with Crippen LogP contribution in [0.4, 0.5) is 0 Å². The number of aryl methyl sites for hydroxylation is 1. The molecule has 2 bridgehead atoms. The van der Waals surface area contributed by atoms with Gasteiger partial charge in [-0.2, -0.15) is 0 Å². The number of sulfonamides is 1. The highest BCUT2D eigenvalue weighted by Gasteiger charge is 2.41. The normalized spacial score (nSPS) is 28.8. The smallest absolute Gasteiger partial charge is 0.261 e. The molecule has 110 valence electrons. The molecule has 0 spiro atoms. The van der Waals surface area contributed by atoms with Crippen molar-refractivity contribution in [3.05, 3.63) is 15.8 Å². The second-order valence-electron chi connectivity index (χ2n) is 5.27. The Hall–Kier alpha value is -0.960. The fourth-order valence-electron chi connectivity index (χ4n) is 2.89. The molecule has 2 saturated heterocycles.